The molecular weight excluding hydrogens is 369 g/mol. The highest BCUT2D eigenvalue weighted by atomic mass is 35.5. The second kappa shape index (κ2) is 8.60. The number of rotatable bonds is 5. The van der Waals surface area contributed by atoms with E-state index in [1.54, 1.807) is 24.3 Å². The second-order valence-corrected chi connectivity index (χ2v) is 5.89. The van der Waals surface area contributed by atoms with Crippen molar-refractivity contribution >= 4 is 46.4 Å². The van der Waals surface area contributed by atoms with Gasteiger partial charge in [0.05, 0.1) is 15.7 Å². The van der Waals surface area contributed by atoms with Crippen molar-refractivity contribution in [2.45, 2.75) is 6.54 Å². The maximum atomic E-state index is 12.1. The van der Waals surface area contributed by atoms with Gasteiger partial charge in [0.15, 0.2) is 0 Å². The van der Waals surface area contributed by atoms with E-state index in [0.717, 1.165) is 5.56 Å². The fraction of sp³-hybridized carbons (Fsp3) is 0.0588. The number of nitrogens with zero attached hydrogens (tertiary/aromatic N) is 1. The van der Waals surface area contributed by atoms with E-state index in [1.165, 1.54) is 6.20 Å². The van der Waals surface area contributed by atoms with E-state index in [4.69, 9.17) is 40.1 Å². The summed E-state index contributed by atoms with van der Waals surface area (Å²) in [6.07, 6.45) is 1.33. The molecule has 0 radical (unpaired) electrons. The number of hydrogen-bond acceptors (Lipinski definition) is 3. The molecule has 2 aromatic rings. The summed E-state index contributed by atoms with van der Waals surface area (Å²) < 4.78 is 0. The first-order valence-electron chi connectivity index (χ1n) is 6.85. The predicted octanol–water partition coefficient (Wildman–Crippen LogP) is 4.78. The van der Waals surface area contributed by atoms with Crippen LogP contribution in [0.1, 0.15) is 5.56 Å². The first-order valence-corrected chi connectivity index (χ1v) is 7.98. The molecule has 0 fully saturated rings. The summed E-state index contributed by atoms with van der Waals surface area (Å²) >= 11 is 17.9. The van der Waals surface area contributed by atoms with Crippen molar-refractivity contribution < 1.29 is 4.79 Å². The molecule has 0 unspecified atom stereocenters. The van der Waals surface area contributed by atoms with E-state index in [-0.39, 0.29) is 10.6 Å². The number of carbonyl (C=O) groups is 1. The molecule has 0 aliphatic rings. The molecule has 2 rings (SSSR count). The SMILES string of the molecule is N#C/C(=C/NCc1ccccc1Cl)C(=O)Nc1cccc(Cl)c1Cl. The van der Waals surface area contributed by atoms with Gasteiger partial charge in [0.25, 0.3) is 5.91 Å². The van der Waals surface area contributed by atoms with E-state index in [2.05, 4.69) is 10.6 Å². The van der Waals surface area contributed by atoms with E-state index in [9.17, 15) is 4.79 Å². The van der Waals surface area contributed by atoms with Crippen LogP contribution in [-0.2, 0) is 11.3 Å². The van der Waals surface area contributed by atoms with Crippen LogP contribution in [0, 0.1) is 11.3 Å². The van der Waals surface area contributed by atoms with Gasteiger partial charge in [-0.25, -0.2) is 0 Å². The molecule has 0 aromatic heterocycles. The zero-order valence-corrected chi connectivity index (χ0v) is 14.6. The lowest BCUT2D eigenvalue weighted by atomic mass is 10.2. The molecular formula is C17H12Cl3N3O. The number of nitrogens with one attached hydrogen (secondary N) is 2. The largest absolute Gasteiger partial charge is 0.386 e. The second-order valence-electron chi connectivity index (χ2n) is 4.70. The van der Waals surface area contributed by atoms with E-state index in [1.807, 2.05) is 24.3 Å². The Hall–Kier alpha value is -2.19. The summed E-state index contributed by atoms with van der Waals surface area (Å²) in [4.78, 5) is 12.1. The zero-order valence-electron chi connectivity index (χ0n) is 12.3. The van der Waals surface area contributed by atoms with Crippen LogP contribution in [0.3, 0.4) is 0 Å². The highest BCUT2D eigenvalue weighted by Crippen LogP contribution is 2.29. The van der Waals surface area contributed by atoms with Gasteiger partial charge in [0.2, 0.25) is 0 Å². The molecule has 0 bridgehead atoms. The van der Waals surface area contributed by atoms with Crippen LogP contribution in [0.4, 0.5) is 5.69 Å². The maximum Gasteiger partial charge on any atom is 0.267 e. The van der Waals surface area contributed by atoms with Gasteiger partial charge in [-0.15, -0.1) is 0 Å². The lowest BCUT2D eigenvalue weighted by Gasteiger charge is -2.08. The summed E-state index contributed by atoms with van der Waals surface area (Å²) in [6, 6.07) is 14.0. The van der Waals surface area contributed by atoms with Crippen molar-refractivity contribution in [3.8, 4) is 6.07 Å². The molecule has 24 heavy (non-hydrogen) atoms. The first-order chi connectivity index (χ1) is 11.5. The Morgan fingerprint density at radius 1 is 1.08 bits per heavy atom. The average molecular weight is 381 g/mol. The molecule has 0 saturated carbocycles. The predicted molar refractivity (Wildman–Crippen MR) is 97.1 cm³/mol. The minimum atomic E-state index is -0.590. The van der Waals surface area contributed by atoms with Gasteiger partial charge in [-0.2, -0.15) is 5.26 Å². The van der Waals surface area contributed by atoms with Gasteiger partial charge in [-0.3, -0.25) is 4.79 Å². The van der Waals surface area contributed by atoms with Crippen molar-refractivity contribution in [1.82, 2.24) is 5.32 Å². The number of amides is 1. The molecule has 7 heteroatoms. The zero-order chi connectivity index (χ0) is 17.5. The minimum absolute atomic E-state index is 0.0990. The number of carbonyl (C=O) groups excluding carboxylic acids is 1. The Kier molecular flexibility index (Phi) is 6.51. The van der Waals surface area contributed by atoms with Crippen molar-refractivity contribution in [3.63, 3.8) is 0 Å². The lowest BCUT2D eigenvalue weighted by molar-refractivity contribution is -0.112. The maximum absolute atomic E-state index is 12.1. The van der Waals surface area contributed by atoms with Crippen LogP contribution >= 0.6 is 34.8 Å². The molecule has 0 spiro atoms. The summed E-state index contributed by atoms with van der Waals surface area (Å²) in [5, 5.41) is 15.7. The number of hydrogen-bond donors (Lipinski definition) is 2. The van der Waals surface area contributed by atoms with Crippen LogP contribution in [-0.4, -0.2) is 5.91 Å². The Morgan fingerprint density at radius 3 is 2.50 bits per heavy atom. The van der Waals surface area contributed by atoms with Gasteiger partial charge in [-0.05, 0) is 23.8 Å². The molecule has 0 atom stereocenters. The first kappa shape index (κ1) is 18.2. The van der Waals surface area contributed by atoms with Crippen molar-refractivity contribution in [2.75, 3.05) is 5.32 Å². The molecule has 2 N–H and O–H groups in total. The Morgan fingerprint density at radius 2 is 1.79 bits per heavy atom. The molecule has 1 amide bonds. The quantitative estimate of drug-likeness (QED) is 0.579. The summed E-state index contributed by atoms with van der Waals surface area (Å²) in [6.45, 7) is 0.385. The lowest BCUT2D eigenvalue weighted by Crippen LogP contribution is -2.17. The molecule has 0 heterocycles. The molecule has 0 aliphatic carbocycles. The Balaban J connectivity index is 2.05. The number of benzene rings is 2. The normalized spacial score (nSPS) is 10.8. The third kappa shape index (κ3) is 4.65. The van der Waals surface area contributed by atoms with E-state index >= 15 is 0 Å². The topological polar surface area (TPSA) is 64.9 Å². The van der Waals surface area contributed by atoms with Gasteiger partial charge >= 0.3 is 0 Å². The summed E-state index contributed by atoms with van der Waals surface area (Å²) in [7, 11) is 0. The van der Waals surface area contributed by atoms with Crippen LogP contribution in [0.2, 0.25) is 15.1 Å². The number of anilines is 1. The third-order valence-electron chi connectivity index (χ3n) is 3.06. The molecule has 0 saturated heterocycles. The smallest absolute Gasteiger partial charge is 0.267 e. The average Bonchev–Trinajstić information content (AvgIpc) is 2.57. The van der Waals surface area contributed by atoms with E-state index in [0.29, 0.717) is 22.3 Å². The van der Waals surface area contributed by atoms with Gasteiger partial charge < -0.3 is 10.6 Å². The fourth-order valence-corrected chi connectivity index (χ4v) is 2.39. The summed E-state index contributed by atoms with van der Waals surface area (Å²) in [5.41, 5.74) is 1.09. The molecule has 2 aromatic carbocycles. The standard InChI is InChI=1S/C17H12Cl3N3O/c18-13-5-2-1-4-11(13)9-22-10-12(8-21)17(24)23-15-7-3-6-14(19)16(15)20/h1-7,10,22H,9H2,(H,23,24)/b12-10-. The number of halogens is 3. The monoisotopic (exact) mass is 379 g/mol. The fourth-order valence-electron chi connectivity index (χ4n) is 1.84. The summed E-state index contributed by atoms with van der Waals surface area (Å²) in [5.74, 6) is -0.590. The number of nitriles is 1. The Labute approximate surface area is 154 Å². The molecule has 122 valence electrons. The van der Waals surface area contributed by atoms with E-state index < -0.39 is 5.91 Å². The highest BCUT2D eigenvalue weighted by Gasteiger charge is 2.12. The van der Waals surface area contributed by atoms with Crippen molar-refractivity contribution in [2.24, 2.45) is 0 Å². The Bertz CT molecular complexity index is 828. The van der Waals surface area contributed by atoms with Gasteiger partial charge in [0, 0.05) is 17.8 Å². The third-order valence-corrected chi connectivity index (χ3v) is 4.25. The molecule has 4 nitrogen and oxygen atoms in total. The van der Waals surface area contributed by atoms with Crippen LogP contribution in [0.25, 0.3) is 0 Å². The van der Waals surface area contributed by atoms with Crippen LogP contribution < -0.4 is 10.6 Å². The van der Waals surface area contributed by atoms with Crippen LogP contribution in [0.15, 0.2) is 54.2 Å². The van der Waals surface area contributed by atoms with Gasteiger partial charge in [-0.1, -0.05) is 59.1 Å². The highest BCUT2D eigenvalue weighted by molar-refractivity contribution is 6.44. The minimum Gasteiger partial charge on any atom is -0.386 e. The van der Waals surface area contributed by atoms with Gasteiger partial charge in [0.1, 0.15) is 11.6 Å². The van der Waals surface area contributed by atoms with Crippen molar-refractivity contribution in [3.05, 3.63) is 74.9 Å². The molecule has 0 aliphatic heterocycles. The van der Waals surface area contributed by atoms with Crippen molar-refractivity contribution in [1.29, 1.82) is 5.26 Å². The van der Waals surface area contributed by atoms with Crippen LogP contribution in [0.5, 0.6) is 0 Å².